The minimum absolute atomic E-state index is 0.287. The van der Waals surface area contributed by atoms with Gasteiger partial charge >= 0.3 is 5.69 Å². The molecule has 0 bridgehead atoms. The monoisotopic (exact) mass is 320 g/mol. The van der Waals surface area contributed by atoms with E-state index in [0.717, 1.165) is 5.56 Å². The molecule has 4 aromatic rings. The first kappa shape index (κ1) is 14.3. The van der Waals surface area contributed by atoms with Gasteiger partial charge in [-0.3, -0.25) is 4.98 Å². The van der Waals surface area contributed by atoms with Gasteiger partial charge in [0.1, 0.15) is 11.6 Å². The molecule has 1 N–H and O–H groups in total. The average Bonchev–Trinajstić information content (AvgIpc) is 3.01. The van der Waals surface area contributed by atoms with Crippen molar-refractivity contribution < 1.29 is 4.39 Å². The van der Waals surface area contributed by atoms with E-state index in [9.17, 15) is 9.18 Å². The molecule has 0 unspecified atom stereocenters. The van der Waals surface area contributed by atoms with Crippen LogP contribution in [0.15, 0.2) is 65.6 Å². The quantitative estimate of drug-likeness (QED) is 0.631. The van der Waals surface area contributed by atoms with Crippen molar-refractivity contribution in [3.05, 3.63) is 88.2 Å². The number of halogens is 1. The van der Waals surface area contributed by atoms with Crippen LogP contribution < -0.4 is 5.69 Å². The Morgan fingerprint density at radius 2 is 1.75 bits per heavy atom. The number of aromatic nitrogens is 4. The van der Waals surface area contributed by atoms with Crippen LogP contribution >= 0.6 is 0 Å². The molecule has 0 spiro atoms. The van der Waals surface area contributed by atoms with E-state index in [0.29, 0.717) is 29.0 Å². The minimum Gasteiger partial charge on any atom is -0.290 e. The molecule has 0 aliphatic heterocycles. The summed E-state index contributed by atoms with van der Waals surface area (Å²) in [6.07, 6.45) is 1.87. The van der Waals surface area contributed by atoms with Crippen LogP contribution in [0.1, 0.15) is 11.1 Å². The van der Waals surface area contributed by atoms with Crippen LogP contribution in [0.25, 0.3) is 17.0 Å². The van der Waals surface area contributed by atoms with Crippen molar-refractivity contribution in [2.45, 2.75) is 6.42 Å². The summed E-state index contributed by atoms with van der Waals surface area (Å²) in [4.78, 5) is 19.5. The molecule has 4 rings (SSSR count). The summed E-state index contributed by atoms with van der Waals surface area (Å²) >= 11 is 0. The van der Waals surface area contributed by atoms with Gasteiger partial charge in [-0.15, -0.1) is 0 Å². The lowest BCUT2D eigenvalue weighted by molar-refractivity contribution is 0.614. The van der Waals surface area contributed by atoms with E-state index >= 15 is 0 Å². The van der Waals surface area contributed by atoms with E-state index in [-0.39, 0.29) is 11.5 Å². The second-order valence-electron chi connectivity index (χ2n) is 5.43. The van der Waals surface area contributed by atoms with E-state index in [2.05, 4.69) is 15.1 Å². The molecule has 0 fully saturated rings. The summed E-state index contributed by atoms with van der Waals surface area (Å²) in [5, 5.41) is 4.07. The first-order chi connectivity index (χ1) is 11.7. The molecular weight excluding hydrogens is 307 g/mol. The lowest BCUT2D eigenvalue weighted by atomic mass is 10.1. The Morgan fingerprint density at radius 3 is 2.54 bits per heavy atom. The van der Waals surface area contributed by atoms with Gasteiger partial charge in [-0.2, -0.15) is 9.61 Å². The highest BCUT2D eigenvalue weighted by Gasteiger charge is 2.13. The van der Waals surface area contributed by atoms with E-state index in [4.69, 9.17) is 0 Å². The molecule has 6 heteroatoms. The fourth-order valence-corrected chi connectivity index (χ4v) is 2.64. The number of hydrogen-bond acceptors (Lipinski definition) is 3. The Hall–Kier alpha value is -3.28. The SMILES string of the molecule is O=c1[nH]c(-c2ccccc2)nc2c(Cc3ccccc3F)cnn12. The predicted molar refractivity (Wildman–Crippen MR) is 88.2 cm³/mol. The third-order valence-corrected chi connectivity index (χ3v) is 3.84. The lowest BCUT2D eigenvalue weighted by Crippen LogP contribution is -2.19. The Bertz CT molecular complexity index is 1070. The van der Waals surface area contributed by atoms with E-state index < -0.39 is 0 Å². The number of nitrogens with one attached hydrogen (secondary N) is 1. The summed E-state index contributed by atoms with van der Waals surface area (Å²) in [6.45, 7) is 0. The van der Waals surface area contributed by atoms with Crippen LogP contribution in [0.4, 0.5) is 4.39 Å². The van der Waals surface area contributed by atoms with Crippen LogP contribution in [0.3, 0.4) is 0 Å². The number of nitrogens with zero attached hydrogens (tertiary/aromatic N) is 3. The molecule has 2 aromatic heterocycles. The van der Waals surface area contributed by atoms with Crippen LogP contribution in [-0.2, 0) is 6.42 Å². The minimum atomic E-state index is -0.376. The van der Waals surface area contributed by atoms with Crippen LogP contribution in [-0.4, -0.2) is 19.6 Å². The maximum atomic E-state index is 13.9. The first-order valence-corrected chi connectivity index (χ1v) is 7.48. The zero-order valence-corrected chi connectivity index (χ0v) is 12.6. The largest absolute Gasteiger partial charge is 0.349 e. The normalized spacial score (nSPS) is 11.0. The zero-order valence-electron chi connectivity index (χ0n) is 12.6. The predicted octanol–water partition coefficient (Wildman–Crippen LogP) is 2.81. The van der Waals surface area contributed by atoms with E-state index in [1.807, 2.05) is 30.3 Å². The van der Waals surface area contributed by atoms with E-state index in [1.54, 1.807) is 24.4 Å². The van der Waals surface area contributed by atoms with Gasteiger partial charge in [0, 0.05) is 17.5 Å². The molecule has 0 aliphatic carbocycles. The van der Waals surface area contributed by atoms with Crippen LogP contribution in [0.5, 0.6) is 0 Å². The molecule has 0 aliphatic rings. The summed E-state index contributed by atoms with van der Waals surface area (Å²) in [5.74, 6) is 0.174. The number of aromatic amines is 1. The molecule has 2 heterocycles. The third kappa shape index (κ3) is 2.48. The Balaban J connectivity index is 1.85. The number of hydrogen-bond donors (Lipinski definition) is 1. The molecule has 0 saturated heterocycles. The van der Waals surface area contributed by atoms with Gasteiger partial charge in [0.2, 0.25) is 0 Å². The maximum absolute atomic E-state index is 13.9. The van der Waals surface area contributed by atoms with Gasteiger partial charge in [0.05, 0.1) is 6.20 Å². The third-order valence-electron chi connectivity index (χ3n) is 3.84. The van der Waals surface area contributed by atoms with Crippen molar-refractivity contribution in [3.63, 3.8) is 0 Å². The highest BCUT2D eigenvalue weighted by atomic mass is 19.1. The highest BCUT2D eigenvalue weighted by Crippen LogP contribution is 2.18. The average molecular weight is 320 g/mol. The molecule has 2 aromatic carbocycles. The van der Waals surface area contributed by atoms with Crippen molar-refractivity contribution in [1.29, 1.82) is 0 Å². The molecule has 24 heavy (non-hydrogen) atoms. The summed E-state index contributed by atoms with van der Waals surface area (Å²) < 4.78 is 15.1. The van der Waals surface area contributed by atoms with Gasteiger partial charge in [-0.05, 0) is 11.6 Å². The topological polar surface area (TPSA) is 63.0 Å². The summed E-state index contributed by atoms with van der Waals surface area (Å²) in [5.41, 5.74) is 2.09. The molecule has 118 valence electrons. The first-order valence-electron chi connectivity index (χ1n) is 7.48. The van der Waals surface area contributed by atoms with Crippen LogP contribution in [0.2, 0.25) is 0 Å². The standard InChI is InChI=1S/C18H13FN4O/c19-15-9-5-4-8-13(15)10-14-11-20-23-17(14)21-16(22-18(23)24)12-6-2-1-3-7-12/h1-9,11H,10H2,(H,21,22,24). The molecule has 0 atom stereocenters. The smallest absolute Gasteiger partial charge is 0.290 e. The van der Waals surface area contributed by atoms with Gasteiger partial charge < -0.3 is 0 Å². The Kier molecular flexibility index (Phi) is 3.42. The molecule has 0 saturated carbocycles. The second-order valence-corrected chi connectivity index (χ2v) is 5.43. The second kappa shape index (κ2) is 5.73. The van der Waals surface area contributed by atoms with E-state index in [1.165, 1.54) is 10.6 Å². The van der Waals surface area contributed by atoms with Crippen molar-refractivity contribution in [2.75, 3.05) is 0 Å². The fourth-order valence-electron chi connectivity index (χ4n) is 2.64. The summed E-state index contributed by atoms with van der Waals surface area (Å²) in [6, 6.07) is 15.9. The number of H-pyrrole nitrogens is 1. The molecular formula is C18H13FN4O. The molecule has 5 nitrogen and oxygen atoms in total. The maximum Gasteiger partial charge on any atom is 0.349 e. The molecule has 0 amide bonds. The number of benzene rings is 2. The highest BCUT2D eigenvalue weighted by molar-refractivity contribution is 5.59. The van der Waals surface area contributed by atoms with Crippen molar-refractivity contribution >= 4 is 5.65 Å². The van der Waals surface area contributed by atoms with Crippen molar-refractivity contribution in [2.24, 2.45) is 0 Å². The fraction of sp³-hybridized carbons (Fsp3) is 0.0556. The lowest BCUT2D eigenvalue weighted by Gasteiger charge is -2.04. The summed E-state index contributed by atoms with van der Waals surface area (Å²) in [7, 11) is 0. The Labute approximate surface area is 136 Å². The van der Waals surface area contributed by atoms with Gasteiger partial charge in [0.15, 0.2) is 5.65 Å². The van der Waals surface area contributed by atoms with Crippen molar-refractivity contribution in [1.82, 2.24) is 19.6 Å². The van der Waals surface area contributed by atoms with Gasteiger partial charge in [-0.1, -0.05) is 48.5 Å². The van der Waals surface area contributed by atoms with Gasteiger partial charge in [0.25, 0.3) is 0 Å². The van der Waals surface area contributed by atoms with Crippen molar-refractivity contribution in [3.8, 4) is 11.4 Å². The molecule has 0 radical (unpaired) electrons. The number of fused-ring (bicyclic) bond motifs is 1. The number of rotatable bonds is 3. The zero-order chi connectivity index (χ0) is 16.5. The Morgan fingerprint density at radius 1 is 1.00 bits per heavy atom. The van der Waals surface area contributed by atoms with Crippen LogP contribution in [0, 0.1) is 5.82 Å². The van der Waals surface area contributed by atoms with Gasteiger partial charge in [-0.25, -0.2) is 14.2 Å².